The van der Waals surface area contributed by atoms with Crippen LogP contribution in [-0.4, -0.2) is 24.0 Å². The summed E-state index contributed by atoms with van der Waals surface area (Å²) in [6, 6.07) is 3.72. The number of rotatable bonds is 2. The first-order chi connectivity index (χ1) is 6.81. The molecule has 0 radical (unpaired) electrons. The Morgan fingerprint density at radius 3 is 3.07 bits per heavy atom. The van der Waals surface area contributed by atoms with E-state index in [1.165, 1.54) is 0 Å². The summed E-state index contributed by atoms with van der Waals surface area (Å²) in [5.41, 5.74) is 6.41. The summed E-state index contributed by atoms with van der Waals surface area (Å²) in [5, 5.41) is 0. The molecule has 0 aromatic carbocycles. The highest BCUT2D eigenvalue weighted by Crippen LogP contribution is 2.23. The number of carbonyl (C=O) groups is 1. The molecule has 1 fully saturated rings. The van der Waals surface area contributed by atoms with Crippen LogP contribution in [-0.2, 0) is 4.79 Å². The largest absolute Gasteiger partial charge is 0.330 e. The fourth-order valence-corrected chi connectivity index (χ4v) is 1.70. The van der Waals surface area contributed by atoms with Crippen LogP contribution in [0.15, 0.2) is 24.5 Å². The molecule has 1 saturated heterocycles. The maximum Gasteiger partial charge on any atom is 0.227 e. The average molecular weight is 191 g/mol. The Balaban J connectivity index is 2.17. The molecule has 1 aliphatic heterocycles. The van der Waals surface area contributed by atoms with Crippen LogP contribution in [0.2, 0.25) is 0 Å². The van der Waals surface area contributed by atoms with E-state index in [1.807, 2.05) is 12.1 Å². The van der Waals surface area contributed by atoms with Crippen molar-refractivity contribution < 1.29 is 4.79 Å². The van der Waals surface area contributed by atoms with Crippen molar-refractivity contribution in [1.82, 2.24) is 4.98 Å². The van der Waals surface area contributed by atoms with Crippen molar-refractivity contribution in [2.24, 2.45) is 11.7 Å². The fraction of sp³-hybridized carbons (Fsp3) is 0.400. The van der Waals surface area contributed by atoms with Gasteiger partial charge in [0.15, 0.2) is 0 Å². The number of anilines is 1. The fourth-order valence-electron chi connectivity index (χ4n) is 1.70. The van der Waals surface area contributed by atoms with E-state index in [9.17, 15) is 4.79 Å². The lowest BCUT2D eigenvalue weighted by atomic mass is 10.1. The molecule has 1 unspecified atom stereocenters. The minimum absolute atomic E-state index is 0.147. The van der Waals surface area contributed by atoms with E-state index in [0.29, 0.717) is 18.9 Å². The Morgan fingerprint density at radius 1 is 1.64 bits per heavy atom. The molecule has 14 heavy (non-hydrogen) atoms. The van der Waals surface area contributed by atoms with Crippen LogP contribution in [0.5, 0.6) is 0 Å². The van der Waals surface area contributed by atoms with Crippen molar-refractivity contribution in [2.45, 2.75) is 6.42 Å². The predicted molar refractivity (Wildman–Crippen MR) is 53.8 cm³/mol. The second-order valence-electron chi connectivity index (χ2n) is 3.52. The van der Waals surface area contributed by atoms with Gasteiger partial charge in [0, 0.05) is 19.2 Å². The number of hydrogen-bond acceptors (Lipinski definition) is 3. The zero-order valence-electron chi connectivity index (χ0n) is 7.89. The molecule has 0 bridgehead atoms. The van der Waals surface area contributed by atoms with Gasteiger partial charge >= 0.3 is 0 Å². The minimum atomic E-state index is 0.147. The zero-order chi connectivity index (χ0) is 9.97. The third kappa shape index (κ3) is 1.61. The Hall–Kier alpha value is -1.42. The van der Waals surface area contributed by atoms with Gasteiger partial charge < -0.3 is 10.6 Å². The molecule has 1 aliphatic rings. The minimum Gasteiger partial charge on any atom is -0.330 e. The first-order valence-corrected chi connectivity index (χ1v) is 4.71. The first kappa shape index (κ1) is 9.15. The predicted octanol–water partition coefficient (Wildman–Crippen LogP) is 0.393. The van der Waals surface area contributed by atoms with Gasteiger partial charge in [-0.1, -0.05) is 0 Å². The third-order valence-corrected chi connectivity index (χ3v) is 2.50. The SMILES string of the molecule is NCC1CC(=O)N(c2cccnc2)C1. The Kier molecular flexibility index (Phi) is 2.45. The van der Waals surface area contributed by atoms with Crippen LogP contribution in [0.25, 0.3) is 0 Å². The molecular formula is C10H13N3O. The van der Waals surface area contributed by atoms with Gasteiger partial charge in [-0.05, 0) is 24.6 Å². The Morgan fingerprint density at radius 2 is 2.50 bits per heavy atom. The number of nitrogens with zero attached hydrogens (tertiary/aromatic N) is 2. The van der Waals surface area contributed by atoms with E-state index in [-0.39, 0.29) is 5.91 Å². The molecule has 2 rings (SSSR count). The van der Waals surface area contributed by atoms with Crippen LogP contribution >= 0.6 is 0 Å². The van der Waals surface area contributed by atoms with E-state index in [0.717, 1.165) is 12.2 Å². The number of carbonyl (C=O) groups excluding carboxylic acids is 1. The molecule has 0 spiro atoms. The summed E-state index contributed by atoms with van der Waals surface area (Å²) >= 11 is 0. The lowest BCUT2D eigenvalue weighted by molar-refractivity contribution is -0.117. The summed E-state index contributed by atoms with van der Waals surface area (Å²) < 4.78 is 0. The molecule has 1 atom stereocenters. The van der Waals surface area contributed by atoms with Gasteiger partial charge in [0.25, 0.3) is 0 Å². The standard InChI is InChI=1S/C10H13N3O/c11-5-8-4-10(14)13(7-8)9-2-1-3-12-6-9/h1-3,6,8H,4-5,7,11H2. The zero-order valence-corrected chi connectivity index (χ0v) is 7.89. The van der Waals surface area contributed by atoms with Crippen molar-refractivity contribution in [3.05, 3.63) is 24.5 Å². The van der Waals surface area contributed by atoms with Crippen LogP contribution in [0.3, 0.4) is 0 Å². The number of pyridine rings is 1. The molecule has 0 saturated carbocycles. The van der Waals surface area contributed by atoms with E-state index in [2.05, 4.69) is 4.98 Å². The topological polar surface area (TPSA) is 59.2 Å². The summed E-state index contributed by atoms with van der Waals surface area (Å²) in [4.78, 5) is 17.3. The Labute approximate surface area is 82.7 Å². The quantitative estimate of drug-likeness (QED) is 0.735. The van der Waals surface area contributed by atoms with Crippen molar-refractivity contribution in [1.29, 1.82) is 0 Å². The van der Waals surface area contributed by atoms with Gasteiger partial charge in [-0.15, -0.1) is 0 Å². The van der Waals surface area contributed by atoms with Crippen molar-refractivity contribution in [2.75, 3.05) is 18.0 Å². The maximum absolute atomic E-state index is 11.6. The number of aromatic nitrogens is 1. The summed E-state index contributed by atoms with van der Waals surface area (Å²) in [6.07, 6.45) is 3.96. The van der Waals surface area contributed by atoms with Crippen LogP contribution in [0, 0.1) is 5.92 Å². The molecule has 1 amide bonds. The highest BCUT2D eigenvalue weighted by Gasteiger charge is 2.29. The lowest BCUT2D eigenvalue weighted by Crippen LogP contribution is -2.25. The lowest BCUT2D eigenvalue weighted by Gasteiger charge is -2.15. The number of hydrogen-bond donors (Lipinski definition) is 1. The summed E-state index contributed by atoms with van der Waals surface area (Å²) in [6.45, 7) is 1.30. The van der Waals surface area contributed by atoms with Gasteiger partial charge in [-0.3, -0.25) is 9.78 Å². The summed E-state index contributed by atoms with van der Waals surface area (Å²) in [5.74, 6) is 0.441. The second kappa shape index (κ2) is 3.75. The molecule has 0 aliphatic carbocycles. The van der Waals surface area contributed by atoms with E-state index in [1.54, 1.807) is 17.3 Å². The van der Waals surface area contributed by atoms with Gasteiger partial charge in [0.05, 0.1) is 11.9 Å². The van der Waals surface area contributed by atoms with Gasteiger partial charge in [0.2, 0.25) is 5.91 Å². The number of nitrogens with two attached hydrogens (primary N) is 1. The van der Waals surface area contributed by atoms with Crippen molar-refractivity contribution >= 4 is 11.6 Å². The van der Waals surface area contributed by atoms with Crippen LogP contribution in [0.1, 0.15) is 6.42 Å². The smallest absolute Gasteiger partial charge is 0.227 e. The molecule has 2 heterocycles. The van der Waals surface area contributed by atoms with Gasteiger partial charge in [-0.2, -0.15) is 0 Å². The molecule has 1 aromatic heterocycles. The molecule has 1 aromatic rings. The molecule has 4 nitrogen and oxygen atoms in total. The maximum atomic E-state index is 11.6. The first-order valence-electron chi connectivity index (χ1n) is 4.71. The summed E-state index contributed by atoms with van der Waals surface area (Å²) in [7, 11) is 0. The second-order valence-corrected chi connectivity index (χ2v) is 3.52. The monoisotopic (exact) mass is 191 g/mol. The van der Waals surface area contributed by atoms with E-state index < -0.39 is 0 Å². The van der Waals surface area contributed by atoms with Crippen molar-refractivity contribution in [3.8, 4) is 0 Å². The van der Waals surface area contributed by atoms with Gasteiger partial charge in [-0.25, -0.2) is 0 Å². The van der Waals surface area contributed by atoms with Gasteiger partial charge in [0.1, 0.15) is 0 Å². The molecule has 4 heteroatoms. The van der Waals surface area contributed by atoms with E-state index >= 15 is 0 Å². The molecule has 2 N–H and O–H groups in total. The highest BCUT2D eigenvalue weighted by atomic mass is 16.2. The van der Waals surface area contributed by atoms with Crippen LogP contribution in [0.4, 0.5) is 5.69 Å². The Bertz CT molecular complexity index is 325. The molecular weight excluding hydrogens is 178 g/mol. The van der Waals surface area contributed by atoms with Crippen molar-refractivity contribution in [3.63, 3.8) is 0 Å². The normalized spacial score (nSPS) is 21.6. The third-order valence-electron chi connectivity index (χ3n) is 2.50. The van der Waals surface area contributed by atoms with Crippen LogP contribution < -0.4 is 10.6 Å². The number of amides is 1. The average Bonchev–Trinajstić information content (AvgIpc) is 2.61. The highest BCUT2D eigenvalue weighted by molar-refractivity contribution is 5.95. The van der Waals surface area contributed by atoms with E-state index in [4.69, 9.17) is 5.73 Å². The molecule has 74 valence electrons.